The molecule has 5 heteroatoms. The van der Waals surface area contributed by atoms with Gasteiger partial charge >= 0.3 is 6.09 Å². The van der Waals surface area contributed by atoms with Gasteiger partial charge in [-0.1, -0.05) is 27.7 Å². The summed E-state index contributed by atoms with van der Waals surface area (Å²) in [5, 5.41) is 24.0. The second-order valence-corrected chi connectivity index (χ2v) is 4.82. The molecule has 5 nitrogen and oxygen atoms in total. The normalized spacial score (nSPS) is 15.2. The molecular formula is C11H24N2O3. The van der Waals surface area contributed by atoms with Gasteiger partial charge in [0.05, 0.1) is 12.1 Å². The number of aliphatic hydroxyl groups is 1. The maximum atomic E-state index is 10.6. The van der Waals surface area contributed by atoms with Gasteiger partial charge in [0.2, 0.25) is 0 Å². The number of carboxylic acid groups (broad SMARTS) is 1. The van der Waals surface area contributed by atoms with Crippen molar-refractivity contribution in [3.63, 3.8) is 0 Å². The quantitative estimate of drug-likeness (QED) is 0.528. The van der Waals surface area contributed by atoms with E-state index in [-0.39, 0.29) is 6.04 Å². The average Bonchev–Trinajstić information content (AvgIpc) is 2.11. The van der Waals surface area contributed by atoms with Gasteiger partial charge in [-0.05, 0) is 12.3 Å². The molecule has 0 aromatic carbocycles. The van der Waals surface area contributed by atoms with Crippen LogP contribution >= 0.6 is 0 Å². The van der Waals surface area contributed by atoms with E-state index in [0.29, 0.717) is 18.9 Å². The predicted octanol–water partition coefficient (Wildman–Crippen LogP) is 1.03. The van der Waals surface area contributed by atoms with Crippen LogP contribution in [-0.4, -0.2) is 41.0 Å². The summed E-state index contributed by atoms with van der Waals surface area (Å²) in [6.45, 7) is 8.36. The monoisotopic (exact) mass is 232 g/mol. The Hall–Kier alpha value is -0.810. The lowest BCUT2D eigenvalue weighted by Crippen LogP contribution is -2.48. The van der Waals surface area contributed by atoms with E-state index in [9.17, 15) is 9.90 Å². The Kier molecular flexibility index (Phi) is 7.08. The van der Waals surface area contributed by atoms with Gasteiger partial charge in [0.1, 0.15) is 0 Å². The van der Waals surface area contributed by atoms with Gasteiger partial charge in [-0.3, -0.25) is 0 Å². The zero-order valence-corrected chi connectivity index (χ0v) is 10.5. The van der Waals surface area contributed by atoms with Crippen LogP contribution in [0.5, 0.6) is 0 Å². The van der Waals surface area contributed by atoms with Gasteiger partial charge in [-0.2, -0.15) is 0 Å². The van der Waals surface area contributed by atoms with E-state index in [2.05, 4.69) is 10.6 Å². The van der Waals surface area contributed by atoms with Gasteiger partial charge in [-0.25, -0.2) is 4.79 Å². The van der Waals surface area contributed by atoms with Crippen LogP contribution in [0.1, 0.15) is 34.1 Å². The number of aliphatic hydroxyl groups excluding tert-OH is 1. The molecule has 0 aliphatic heterocycles. The summed E-state index contributed by atoms with van der Waals surface area (Å²) in [6, 6.07) is -0.136. The molecule has 0 saturated carbocycles. The summed E-state index contributed by atoms with van der Waals surface area (Å²) in [5.41, 5.74) is 0. The Morgan fingerprint density at radius 1 is 1.25 bits per heavy atom. The van der Waals surface area contributed by atoms with Crippen LogP contribution < -0.4 is 10.6 Å². The molecule has 0 aliphatic carbocycles. The minimum Gasteiger partial charge on any atom is -0.465 e. The molecule has 96 valence electrons. The Bertz CT molecular complexity index is 207. The van der Waals surface area contributed by atoms with Gasteiger partial charge < -0.3 is 20.8 Å². The van der Waals surface area contributed by atoms with Crippen molar-refractivity contribution >= 4 is 6.09 Å². The first-order valence-electron chi connectivity index (χ1n) is 5.73. The van der Waals surface area contributed by atoms with Crippen LogP contribution in [0.3, 0.4) is 0 Å². The van der Waals surface area contributed by atoms with Crippen molar-refractivity contribution in [2.45, 2.75) is 52.3 Å². The van der Waals surface area contributed by atoms with E-state index >= 15 is 0 Å². The summed E-state index contributed by atoms with van der Waals surface area (Å²) in [6.07, 6.45) is -1.15. The molecular weight excluding hydrogens is 208 g/mol. The van der Waals surface area contributed by atoms with Crippen LogP contribution in [0.15, 0.2) is 0 Å². The first-order chi connectivity index (χ1) is 7.32. The van der Waals surface area contributed by atoms with E-state index in [0.717, 1.165) is 0 Å². The number of nitrogens with one attached hydrogen (secondary N) is 2. The summed E-state index contributed by atoms with van der Waals surface area (Å²) in [4.78, 5) is 10.6. The predicted molar refractivity (Wildman–Crippen MR) is 63.5 cm³/mol. The second-order valence-electron chi connectivity index (χ2n) is 4.82. The highest BCUT2D eigenvalue weighted by Crippen LogP contribution is 2.08. The maximum Gasteiger partial charge on any atom is 0.404 e. The molecule has 0 fully saturated rings. The van der Waals surface area contributed by atoms with Crippen LogP contribution in [0, 0.1) is 5.92 Å². The van der Waals surface area contributed by atoms with E-state index in [1.165, 1.54) is 0 Å². The largest absolute Gasteiger partial charge is 0.465 e. The van der Waals surface area contributed by atoms with Crippen molar-refractivity contribution < 1.29 is 15.0 Å². The van der Waals surface area contributed by atoms with Crippen molar-refractivity contribution in [2.24, 2.45) is 5.92 Å². The molecule has 0 aromatic heterocycles. The lowest BCUT2D eigenvalue weighted by Gasteiger charge is -2.25. The van der Waals surface area contributed by atoms with E-state index in [4.69, 9.17) is 5.11 Å². The van der Waals surface area contributed by atoms with Crippen molar-refractivity contribution in [1.82, 2.24) is 10.6 Å². The highest BCUT2D eigenvalue weighted by atomic mass is 16.4. The molecule has 0 saturated heterocycles. The fraction of sp³-hybridized carbons (Fsp3) is 0.909. The molecule has 0 unspecified atom stereocenters. The summed E-state index contributed by atoms with van der Waals surface area (Å²) >= 11 is 0. The van der Waals surface area contributed by atoms with Gasteiger partial charge in [-0.15, -0.1) is 0 Å². The minimum absolute atomic E-state index is 0.277. The number of hydrogen-bond donors (Lipinski definition) is 4. The topological polar surface area (TPSA) is 81.6 Å². The minimum atomic E-state index is -1.09. The molecule has 0 aromatic rings. The highest BCUT2D eigenvalue weighted by Gasteiger charge is 2.21. The van der Waals surface area contributed by atoms with Gasteiger partial charge in [0, 0.05) is 12.6 Å². The molecule has 2 atom stereocenters. The zero-order valence-electron chi connectivity index (χ0n) is 10.5. The van der Waals surface area contributed by atoms with Crippen molar-refractivity contribution in [2.75, 3.05) is 6.54 Å². The number of amides is 1. The molecule has 0 bridgehead atoms. The Labute approximate surface area is 97.2 Å². The van der Waals surface area contributed by atoms with Crippen LogP contribution in [-0.2, 0) is 0 Å². The summed E-state index contributed by atoms with van der Waals surface area (Å²) in [5.74, 6) is 0.338. The maximum absolute atomic E-state index is 10.6. The number of rotatable bonds is 7. The SMILES string of the molecule is CC(C)C[C@H](NC(=O)O)[C@H](O)CNC(C)C. The number of hydrogen-bond acceptors (Lipinski definition) is 3. The molecule has 0 radical (unpaired) electrons. The van der Waals surface area contributed by atoms with Crippen LogP contribution in [0.2, 0.25) is 0 Å². The van der Waals surface area contributed by atoms with Crippen molar-refractivity contribution in [1.29, 1.82) is 0 Å². The molecule has 0 rings (SSSR count). The molecule has 1 amide bonds. The smallest absolute Gasteiger partial charge is 0.404 e. The fourth-order valence-electron chi connectivity index (χ4n) is 1.48. The standard InChI is InChI=1S/C11H24N2O3/c1-7(2)5-9(13-11(15)16)10(14)6-12-8(3)4/h7-10,12-14H,5-6H2,1-4H3,(H,15,16)/t9-,10+/m0/s1. The van der Waals surface area contributed by atoms with Crippen LogP contribution in [0.25, 0.3) is 0 Å². The summed E-state index contributed by atoms with van der Waals surface area (Å²) in [7, 11) is 0. The first-order valence-corrected chi connectivity index (χ1v) is 5.73. The highest BCUT2D eigenvalue weighted by molar-refractivity contribution is 5.64. The molecule has 0 spiro atoms. The third-order valence-corrected chi connectivity index (χ3v) is 2.23. The van der Waals surface area contributed by atoms with Crippen LogP contribution in [0.4, 0.5) is 4.79 Å². The summed E-state index contributed by atoms with van der Waals surface area (Å²) < 4.78 is 0. The molecule has 0 heterocycles. The molecule has 0 aliphatic rings. The second kappa shape index (κ2) is 7.46. The molecule has 4 N–H and O–H groups in total. The van der Waals surface area contributed by atoms with Gasteiger partial charge in [0.25, 0.3) is 0 Å². The Morgan fingerprint density at radius 3 is 2.19 bits per heavy atom. The molecule has 16 heavy (non-hydrogen) atoms. The van der Waals surface area contributed by atoms with E-state index < -0.39 is 18.2 Å². The Morgan fingerprint density at radius 2 is 1.81 bits per heavy atom. The number of carbonyl (C=O) groups is 1. The first kappa shape index (κ1) is 15.2. The van der Waals surface area contributed by atoms with E-state index in [1.54, 1.807) is 0 Å². The van der Waals surface area contributed by atoms with Gasteiger partial charge in [0.15, 0.2) is 0 Å². The lowest BCUT2D eigenvalue weighted by atomic mass is 9.99. The third-order valence-electron chi connectivity index (χ3n) is 2.23. The average molecular weight is 232 g/mol. The lowest BCUT2D eigenvalue weighted by molar-refractivity contribution is 0.107. The van der Waals surface area contributed by atoms with Crippen molar-refractivity contribution in [3.8, 4) is 0 Å². The van der Waals surface area contributed by atoms with E-state index in [1.807, 2.05) is 27.7 Å². The van der Waals surface area contributed by atoms with Crippen molar-refractivity contribution in [3.05, 3.63) is 0 Å². The zero-order chi connectivity index (χ0) is 12.7. The fourth-order valence-corrected chi connectivity index (χ4v) is 1.48. The third kappa shape index (κ3) is 7.48. The Balaban J connectivity index is 4.19.